The number of hydrogen-bond acceptors (Lipinski definition) is 4. The number of nitrogens with one attached hydrogen (secondary N) is 2. The second-order valence-electron chi connectivity index (χ2n) is 6.77. The van der Waals surface area contributed by atoms with Gasteiger partial charge in [-0.15, -0.1) is 0 Å². The summed E-state index contributed by atoms with van der Waals surface area (Å²) in [6.07, 6.45) is 3.54. The van der Waals surface area contributed by atoms with Crippen molar-refractivity contribution in [1.29, 1.82) is 0 Å². The fourth-order valence-electron chi connectivity index (χ4n) is 2.43. The van der Waals surface area contributed by atoms with Crippen LogP contribution in [0.15, 0.2) is 27.8 Å². The van der Waals surface area contributed by atoms with E-state index in [0.29, 0.717) is 12.5 Å². The molecule has 25 heavy (non-hydrogen) atoms. The SMILES string of the molecule is CC[NH+](CC)CCC[C@@H](C)N=C(NC(=O)c1ccco1)OCC(C)C. The zero-order valence-electron chi connectivity index (χ0n) is 16.3. The molecule has 1 aromatic rings. The summed E-state index contributed by atoms with van der Waals surface area (Å²) in [4.78, 5) is 18.3. The fraction of sp³-hybridized carbons (Fsp3) is 0.684. The van der Waals surface area contributed by atoms with E-state index in [4.69, 9.17) is 9.15 Å². The van der Waals surface area contributed by atoms with Crippen LogP contribution in [0.3, 0.4) is 0 Å². The second-order valence-corrected chi connectivity index (χ2v) is 6.77. The van der Waals surface area contributed by atoms with Crippen LogP contribution in [0.2, 0.25) is 0 Å². The highest BCUT2D eigenvalue weighted by Crippen LogP contribution is 2.04. The Bertz CT molecular complexity index is 508. The van der Waals surface area contributed by atoms with Gasteiger partial charge in [0.15, 0.2) is 5.76 Å². The summed E-state index contributed by atoms with van der Waals surface area (Å²) in [6, 6.07) is 3.66. The molecule has 1 rings (SSSR count). The minimum Gasteiger partial charge on any atom is -0.465 e. The van der Waals surface area contributed by atoms with Gasteiger partial charge in [-0.05, 0) is 51.7 Å². The van der Waals surface area contributed by atoms with Crippen LogP contribution in [0.5, 0.6) is 0 Å². The maximum atomic E-state index is 12.2. The van der Waals surface area contributed by atoms with Crippen LogP contribution >= 0.6 is 0 Å². The van der Waals surface area contributed by atoms with Gasteiger partial charge in [-0.1, -0.05) is 13.8 Å². The molecule has 0 unspecified atom stereocenters. The van der Waals surface area contributed by atoms with E-state index in [1.54, 1.807) is 17.0 Å². The zero-order valence-corrected chi connectivity index (χ0v) is 16.3. The molecule has 1 aromatic heterocycles. The molecule has 142 valence electrons. The molecule has 0 aliphatic carbocycles. The molecule has 0 saturated heterocycles. The van der Waals surface area contributed by atoms with Crippen molar-refractivity contribution in [2.45, 2.75) is 53.5 Å². The number of aliphatic imine (C=N–C) groups is 1. The van der Waals surface area contributed by atoms with Gasteiger partial charge in [-0.3, -0.25) is 10.1 Å². The van der Waals surface area contributed by atoms with Crippen molar-refractivity contribution in [3.63, 3.8) is 0 Å². The largest absolute Gasteiger partial charge is 0.465 e. The Labute approximate surface area is 151 Å². The summed E-state index contributed by atoms with van der Waals surface area (Å²) < 4.78 is 10.8. The first-order chi connectivity index (χ1) is 12.0. The number of amides is 1. The quantitative estimate of drug-likeness (QED) is 0.501. The summed E-state index contributed by atoms with van der Waals surface area (Å²) in [5, 5.41) is 2.72. The lowest BCUT2D eigenvalue weighted by atomic mass is 10.2. The molecule has 0 aliphatic rings. The van der Waals surface area contributed by atoms with Gasteiger partial charge >= 0.3 is 0 Å². The van der Waals surface area contributed by atoms with Gasteiger partial charge < -0.3 is 14.1 Å². The van der Waals surface area contributed by atoms with Crippen molar-refractivity contribution in [3.8, 4) is 0 Å². The van der Waals surface area contributed by atoms with Crippen LogP contribution in [0, 0.1) is 5.92 Å². The van der Waals surface area contributed by atoms with Gasteiger partial charge in [0.05, 0.1) is 38.5 Å². The van der Waals surface area contributed by atoms with Crippen molar-refractivity contribution in [2.75, 3.05) is 26.2 Å². The van der Waals surface area contributed by atoms with Crippen LogP contribution in [-0.2, 0) is 4.74 Å². The third-order valence-corrected chi connectivity index (χ3v) is 4.01. The van der Waals surface area contributed by atoms with E-state index in [9.17, 15) is 4.79 Å². The Morgan fingerprint density at radius 3 is 2.60 bits per heavy atom. The summed E-state index contributed by atoms with van der Waals surface area (Å²) in [6.45, 7) is 14.5. The standard InChI is InChI=1S/C19H33N3O3/c1-6-22(7-2)12-8-10-16(5)20-19(25-14-15(3)4)21-18(23)17-11-9-13-24-17/h9,11,13,15-16H,6-8,10,12,14H2,1-5H3,(H,20,21,23)/p+1/t16-/m1/s1. The second kappa shape index (κ2) is 11.7. The number of carbonyl (C=O) groups excluding carboxylic acids is 1. The van der Waals surface area contributed by atoms with Crippen molar-refractivity contribution in [1.82, 2.24) is 5.32 Å². The molecule has 0 aromatic carbocycles. The highest BCUT2D eigenvalue weighted by Gasteiger charge is 2.14. The molecule has 0 spiro atoms. The van der Waals surface area contributed by atoms with E-state index in [0.717, 1.165) is 32.5 Å². The molecule has 2 N–H and O–H groups in total. The predicted molar refractivity (Wildman–Crippen MR) is 100 cm³/mol. The number of nitrogens with zero attached hydrogens (tertiary/aromatic N) is 1. The molecule has 0 fully saturated rings. The first-order valence-corrected chi connectivity index (χ1v) is 9.35. The number of quaternary nitrogens is 1. The average Bonchev–Trinajstić information content (AvgIpc) is 3.11. The fourth-order valence-corrected chi connectivity index (χ4v) is 2.43. The number of rotatable bonds is 10. The average molecular weight is 352 g/mol. The first-order valence-electron chi connectivity index (χ1n) is 9.35. The van der Waals surface area contributed by atoms with Crippen LogP contribution in [-0.4, -0.2) is 44.2 Å². The van der Waals surface area contributed by atoms with Crippen molar-refractivity contribution in [3.05, 3.63) is 24.2 Å². The minimum absolute atomic E-state index is 0.0917. The van der Waals surface area contributed by atoms with Crippen LogP contribution in [0.1, 0.15) is 58.0 Å². The van der Waals surface area contributed by atoms with E-state index in [1.807, 2.05) is 0 Å². The molecule has 1 heterocycles. The minimum atomic E-state index is -0.340. The molecule has 1 amide bonds. The van der Waals surface area contributed by atoms with Gasteiger partial charge in [0, 0.05) is 0 Å². The van der Waals surface area contributed by atoms with E-state index < -0.39 is 0 Å². The highest BCUT2D eigenvalue weighted by atomic mass is 16.5. The Morgan fingerprint density at radius 2 is 2.04 bits per heavy atom. The molecule has 0 radical (unpaired) electrons. The van der Waals surface area contributed by atoms with Gasteiger partial charge in [-0.2, -0.15) is 0 Å². The molecule has 0 saturated carbocycles. The van der Waals surface area contributed by atoms with E-state index in [1.165, 1.54) is 6.26 Å². The normalized spacial score (nSPS) is 13.3. The molecule has 1 atom stereocenters. The summed E-state index contributed by atoms with van der Waals surface area (Å²) in [5.74, 6) is 0.262. The summed E-state index contributed by atoms with van der Waals surface area (Å²) >= 11 is 0. The van der Waals surface area contributed by atoms with Crippen LogP contribution in [0.25, 0.3) is 0 Å². The smallest absolute Gasteiger partial charge is 0.294 e. The number of ether oxygens (including phenoxy) is 1. The van der Waals surface area contributed by atoms with Gasteiger partial charge in [0.2, 0.25) is 0 Å². The molecule has 6 heteroatoms. The number of carbonyl (C=O) groups is 1. The Morgan fingerprint density at radius 1 is 1.32 bits per heavy atom. The molecular formula is C19H34N3O3+. The topological polar surface area (TPSA) is 68.3 Å². The first kappa shape index (κ1) is 21.2. The third-order valence-electron chi connectivity index (χ3n) is 4.01. The van der Waals surface area contributed by atoms with Crippen molar-refractivity contribution in [2.24, 2.45) is 10.9 Å². The van der Waals surface area contributed by atoms with E-state index in [-0.39, 0.29) is 23.7 Å². The molecule has 6 nitrogen and oxygen atoms in total. The van der Waals surface area contributed by atoms with E-state index in [2.05, 4.69) is 44.9 Å². The highest BCUT2D eigenvalue weighted by molar-refractivity contribution is 6.02. The summed E-state index contributed by atoms with van der Waals surface area (Å²) in [7, 11) is 0. The lowest BCUT2D eigenvalue weighted by Crippen LogP contribution is -3.11. The monoisotopic (exact) mass is 352 g/mol. The van der Waals surface area contributed by atoms with E-state index >= 15 is 0 Å². The van der Waals surface area contributed by atoms with Gasteiger partial charge in [0.25, 0.3) is 11.9 Å². The van der Waals surface area contributed by atoms with Crippen LogP contribution in [0.4, 0.5) is 0 Å². The maximum Gasteiger partial charge on any atom is 0.294 e. The third kappa shape index (κ3) is 8.72. The van der Waals surface area contributed by atoms with Crippen molar-refractivity contribution >= 4 is 11.9 Å². The number of furan rings is 1. The number of hydrogen-bond donors (Lipinski definition) is 2. The van der Waals surface area contributed by atoms with Gasteiger partial charge in [0.1, 0.15) is 0 Å². The maximum absolute atomic E-state index is 12.2. The number of amidine groups is 1. The lowest BCUT2D eigenvalue weighted by Gasteiger charge is -2.17. The Hall–Kier alpha value is -1.82. The predicted octanol–water partition coefficient (Wildman–Crippen LogP) is 2.13. The lowest BCUT2D eigenvalue weighted by molar-refractivity contribution is -0.896. The zero-order chi connectivity index (χ0) is 18.7. The summed E-state index contributed by atoms with van der Waals surface area (Å²) in [5.41, 5.74) is 0. The molecule has 0 aliphatic heterocycles. The van der Waals surface area contributed by atoms with Crippen LogP contribution < -0.4 is 10.2 Å². The molecular weight excluding hydrogens is 318 g/mol. The van der Waals surface area contributed by atoms with Crippen molar-refractivity contribution < 1.29 is 18.8 Å². The van der Waals surface area contributed by atoms with Gasteiger partial charge in [-0.25, -0.2) is 4.99 Å². The Kier molecular flexibility index (Phi) is 9.92. The molecule has 0 bridgehead atoms. The Balaban J connectivity index is 2.60.